The van der Waals surface area contributed by atoms with Gasteiger partial charge in [-0.05, 0) is 39.4 Å². The predicted octanol–water partition coefficient (Wildman–Crippen LogP) is 7.73. The van der Waals surface area contributed by atoms with Crippen LogP contribution in [0.2, 0.25) is 6.04 Å². The fourth-order valence-corrected chi connectivity index (χ4v) is 6.14. The van der Waals surface area contributed by atoms with Crippen molar-refractivity contribution in [1.82, 2.24) is 4.90 Å². The minimum absolute atomic E-state index is 0. The molecule has 0 aliphatic rings. The largest absolute Gasteiger partial charge is 0.500 e. The van der Waals surface area contributed by atoms with Gasteiger partial charge in [-0.15, -0.1) is 12.4 Å². The third kappa shape index (κ3) is 19.5. The van der Waals surface area contributed by atoms with E-state index in [0.717, 1.165) is 24.9 Å². The van der Waals surface area contributed by atoms with Crippen molar-refractivity contribution < 1.29 is 13.3 Å². The Morgan fingerprint density at radius 2 is 1.03 bits per heavy atom. The summed E-state index contributed by atoms with van der Waals surface area (Å²) in [5.74, 6) is 0.743. The molecule has 0 heterocycles. The van der Waals surface area contributed by atoms with E-state index in [1.807, 2.05) is 0 Å². The first-order valence-corrected chi connectivity index (χ1v) is 14.8. The molecular weight excluding hydrogens is 426 g/mol. The molecule has 0 radical (unpaired) electrons. The van der Waals surface area contributed by atoms with Gasteiger partial charge in [-0.2, -0.15) is 0 Å². The van der Waals surface area contributed by atoms with Crippen LogP contribution < -0.4 is 0 Å². The highest BCUT2D eigenvalue weighted by atomic mass is 35.5. The second-order valence-corrected chi connectivity index (χ2v) is 12.4. The van der Waals surface area contributed by atoms with Crippen LogP contribution in [0.15, 0.2) is 0 Å². The molecule has 0 amide bonds. The Morgan fingerprint density at radius 1 is 0.613 bits per heavy atom. The molecule has 0 saturated heterocycles. The van der Waals surface area contributed by atoms with E-state index in [-0.39, 0.29) is 12.4 Å². The molecule has 1 unspecified atom stereocenters. The van der Waals surface area contributed by atoms with Crippen LogP contribution in [-0.2, 0) is 13.3 Å². The monoisotopic (exact) mass is 481 g/mol. The molecular formula is C25H56ClNO3Si. The van der Waals surface area contributed by atoms with Crippen LogP contribution in [0, 0.1) is 5.92 Å². The van der Waals surface area contributed by atoms with E-state index in [2.05, 4.69) is 25.9 Å². The first kappa shape index (κ1) is 33.5. The molecule has 0 aliphatic heterocycles. The SMILES string of the molecule is CCCCCCCCCCCCCCCC(CCN(C)C)CC[Si](OC)(OC)OC.Cl. The fraction of sp³-hybridized carbons (Fsp3) is 1.00. The molecule has 31 heavy (non-hydrogen) atoms. The Bertz CT molecular complexity index is 349. The molecule has 6 heteroatoms. The standard InChI is InChI=1S/C25H55NO3Si.ClH/c1-7-8-9-10-11-12-13-14-15-16-17-18-19-20-25(21-23-26(2)3)22-24-30(27-4,28-5)29-6;/h25H,7-24H2,1-6H3;1H. The summed E-state index contributed by atoms with van der Waals surface area (Å²) < 4.78 is 16.9. The summed E-state index contributed by atoms with van der Waals surface area (Å²) in [7, 11) is 7.07. The number of hydrogen-bond donors (Lipinski definition) is 0. The van der Waals surface area contributed by atoms with Crippen LogP contribution in [0.5, 0.6) is 0 Å². The van der Waals surface area contributed by atoms with Crippen LogP contribution in [0.4, 0.5) is 0 Å². The van der Waals surface area contributed by atoms with Gasteiger partial charge in [0.05, 0.1) is 0 Å². The lowest BCUT2D eigenvalue weighted by atomic mass is 9.94. The molecule has 0 aromatic rings. The molecule has 190 valence electrons. The summed E-state index contributed by atoms with van der Waals surface area (Å²) in [4.78, 5) is 2.30. The van der Waals surface area contributed by atoms with Crippen molar-refractivity contribution in [3.8, 4) is 0 Å². The van der Waals surface area contributed by atoms with Gasteiger partial charge in [0.25, 0.3) is 0 Å². The Morgan fingerprint density at radius 3 is 1.42 bits per heavy atom. The van der Waals surface area contributed by atoms with Crippen molar-refractivity contribution in [2.45, 2.75) is 116 Å². The summed E-state index contributed by atoms with van der Waals surface area (Å²) in [6, 6.07) is 0.924. The number of rotatable bonds is 23. The lowest BCUT2D eigenvalue weighted by Gasteiger charge is -2.27. The van der Waals surface area contributed by atoms with Crippen molar-refractivity contribution in [3.63, 3.8) is 0 Å². The van der Waals surface area contributed by atoms with Gasteiger partial charge in [0.2, 0.25) is 0 Å². The Kier molecular flexibility index (Phi) is 25.4. The van der Waals surface area contributed by atoms with Gasteiger partial charge in [-0.3, -0.25) is 0 Å². The van der Waals surface area contributed by atoms with Crippen LogP contribution >= 0.6 is 12.4 Å². The maximum atomic E-state index is 5.62. The zero-order valence-electron chi connectivity index (χ0n) is 21.9. The van der Waals surface area contributed by atoms with Crippen molar-refractivity contribution in [3.05, 3.63) is 0 Å². The molecule has 0 fully saturated rings. The molecule has 4 nitrogen and oxygen atoms in total. The van der Waals surface area contributed by atoms with Crippen LogP contribution in [0.1, 0.15) is 110 Å². The zero-order chi connectivity index (χ0) is 22.5. The molecule has 0 N–H and O–H groups in total. The molecule has 0 aromatic carbocycles. The molecule has 0 bridgehead atoms. The Labute approximate surface area is 203 Å². The minimum atomic E-state index is -2.44. The van der Waals surface area contributed by atoms with Crippen LogP contribution in [0.3, 0.4) is 0 Å². The van der Waals surface area contributed by atoms with Crippen molar-refractivity contribution in [2.75, 3.05) is 42.0 Å². The number of unbranched alkanes of at least 4 members (excludes halogenated alkanes) is 12. The second kappa shape index (κ2) is 23.5. The van der Waals surface area contributed by atoms with Crippen molar-refractivity contribution >= 4 is 21.2 Å². The smallest absolute Gasteiger partial charge is 0.377 e. The summed E-state index contributed by atoms with van der Waals surface area (Å²) >= 11 is 0. The average molecular weight is 482 g/mol. The molecule has 0 spiro atoms. The highest BCUT2D eigenvalue weighted by Gasteiger charge is 2.37. The summed E-state index contributed by atoms with van der Waals surface area (Å²) in [6.45, 7) is 3.45. The van der Waals surface area contributed by atoms with Gasteiger partial charge in [-0.25, -0.2) is 0 Å². The van der Waals surface area contributed by atoms with E-state index in [0.29, 0.717) is 0 Å². The molecule has 0 saturated carbocycles. The first-order chi connectivity index (χ1) is 14.5. The maximum Gasteiger partial charge on any atom is 0.500 e. The molecule has 1 atom stereocenters. The normalized spacial score (nSPS) is 12.9. The Balaban J connectivity index is 0. The highest BCUT2D eigenvalue weighted by molar-refractivity contribution is 6.60. The number of halogens is 1. The topological polar surface area (TPSA) is 30.9 Å². The number of hydrogen-bond acceptors (Lipinski definition) is 4. The van der Waals surface area contributed by atoms with Gasteiger partial charge >= 0.3 is 8.80 Å². The van der Waals surface area contributed by atoms with E-state index in [9.17, 15) is 0 Å². The lowest BCUT2D eigenvalue weighted by Crippen LogP contribution is -2.43. The summed E-state index contributed by atoms with van der Waals surface area (Å²) in [5, 5.41) is 0. The summed E-state index contributed by atoms with van der Waals surface area (Å²) in [5.41, 5.74) is 0. The zero-order valence-corrected chi connectivity index (χ0v) is 23.7. The predicted molar refractivity (Wildman–Crippen MR) is 140 cm³/mol. The van der Waals surface area contributed by atoms with Gasteiger partial charge in [0.15, 0.2) is 0 Å². The molecule has 0 aromatic heterocycles. The fourth-order valence-electron chi connectivity index (χ4n) is 4.26. The van der Waals surface area contributed by atoms with Crippen LogP contribution in [-0.4, -0.2) is 55.7 Å². The van der Waals surface area contributed by atoms with Gasteiger partial charge in [0, 0.05) is 27.4 Å². The van der Waals surface area contributed by atoms with E-state index >= 15 is 0 Å². The van der Waals surface area contributed by atoms with Gasteiger partial charge in [0.1, 0.15) is 0 Å². The van der Waals surface area contributed by atoms with E-state index in [4.69, 9.17) is 13.3 Å². The number of nitrogens with zero attached hydrogens (tertiary/aromatic N) is 1. The third-order valence-corrected chi connectivity index (χ3v) is 9.26. The first-order valence-electron chi connectivity index (χ1n) is 12.8. The molecule has 0 rings (SSSR count). The Hall–Kier alpha value is 0.347. The van der Waals surface area contributed by atoms with Gasteiger partial charge < -0.3 is 18.2 Å². The van der Waals surface area contributed by atoms with E-state index in [1.54, 1.807) is 21.3 Å². The average Bonchev–Trinajstić information content (AvgIpc) is 2.75. The minimum Gasteiger partial charge on any atom is -0.377 e. The van der Waals surface area contributed by atoms with Gasteiger partial charge in [-0.1, -0.05) is 96.8 Å². The quantitative estimate of drug-likeness (QED) is 0.110. The highest BCUT2D eigenvalue weighted by Crippen LogP contribution is 2.25. The van der Waals surface area contributed by atoms with Crippen LogP contribution in [0.25, 0.3) is 0 Å². The maximum absolute atomic E-state index is 5.62. The van der Waals surface area contributed by atoms with E-state index < -0.39 is 8.80 Å². The third-order valence-electron chi connectivity index (χ3n) is 6.49. The van der Waals surface area contributed by atoms with E-state index in [1.165, 1.54) is 96.3 Å². The lowest BCUT2D eigenvalue weighted by molar-refractivity contribution is 0.120. The van der Waals surface area contributed by atoms with Crippen molar-refractivity contribution in [2.24, 2.45) is 5.92 Å². The molecule has 0 aliphatic carbocycles. The van der Waals surface area contributed by atoms with Crippen molar-refractivity contribution in [1.29, 1.82) is 0 Å². The second-order valence-electron chi connectivity index (χ2n) is 9.32. The summed E-state index contributed by atoms with van der Waals surface area (Å²) in [6.07, 6.45) is 22.2.